The van der Waals surface area contributed by atoms with E-state index in [-0.39, 0.29) is 55.1 Å². The summed E-state index contributed by atoms with van der Waals surface area (Å²) < 4.78 is 1.61. The molecule has 3 fully saturated rings. The second-order valence-electron chi connectivity index (χ2n) is 8.80. The van der Waals surface area contributed by atoms with Crippen LogP contribution in [0.5, 0.6) is 0 Å². The Kier molecular flexibility index (Phi) is 8.97. The predicted molar refractivity (Wildman–Crippen MR) is 121 cm³/mol. The number of likely N-dealkylation sites (N-methyl/N-ethyl adjacent to an activating group) is 1. The first-order chi connectivity index (χ1) is 13.5. The summed E-state index contributed by atoms with van der Waals surface area (Å²) in [5, 5.41) is 7.26. The number of fused-ring (bicyclic) bond motifs is 2. The number of aromatic nitrogens is 2. The van der Waals surface area contributed by atoms with Gasteiger partial charge in [-0.1, -0.05) is 6.42 Å². The standard InChI is InChI=1S/C20H32N6O2.2ClH/c1-24-5-7-25(8-6-24)18(27)13-26-12-17(11-22-26)23-20(28)16-9-14-3-2-4-15(10-16)19(14)21;;/h11-12,14-16,19H,2-10,13,21H2,1H3,(H,23,28);2*1H. The zero-order valence-corrected chi connectivity index (χ0v) is 19.2. The molecule has 0 radical (unpaired) electrons. The minimum absolute atomic E-state index is 0. The molecule has 2 unspecified atom stereocenters. The van der Waals surface area contributed by atoms with Gasteiger partial charge in [-0.05, 0) is 44.6 Å². The fourth-order valence-electron chi connectivity index (χ4n) is 5.06. The molecule has 10 heteroatoms. The maximum absolute atomic E-state index is 12.7. The molecule has 2 aliphatic carbocycles. The monoisotopic (exact) mass is 460 g/mol. The van der Waals surface area contributed by atoms with Crippen LogP contribution in [-0.2, 0) is 16.1 Å². The summed E-state index contributed by atoms with van der Waals surface area (Å²) in [7, 11) is 2.07. The SMILES string of the molecule is CN1CCN(C(=O)Cn2cc(NC(=O)C3CC4CCCC(C3)C4N)cn2)CC1.Cl.Cl. The average Bonchev–Trinajstić information content (AvgIpc) is 3.08. The Morgan fingerprint density at radius 2 is 1.77 bits per heavy atom. The lowest BCUT2D eigenvalue weighted by molar-refractivity contribution is -0.133. The second kappa shape index (κ2) is 10.8. The maximum Gasteiger partial charge on any atom is 0.244 e. The van der Waals surface area contributed by atoms with Crippen molar-refractivity contribution in [1.82, 2.24) is 19.6 Å². The van der Waals surface area contributed by atoms with Gasteiger partial charge in [0.15, 0.2) is 0 Å². The lowest BCUT2D eigenvalue weighted by Crippen LogP contribution is -2.48. The number of halogens is 2. The number of rotatable bonds is 4. The van der Waals surface area contributed by atoms with Crippen molar-refractivity contribution < 1.29 is 9.59 Å². The van der Waals surface area contributed by atoms with E-state index in [2.05, 4.69) is 22.4 Å². The Balaban J connectivity index is 0.00000160. The van der Waals surface area contributed by atoms with Crippen LogP contribution < -0.4 is 11.1 Å². The average molecular weight is 461 g/mol. The summed E-state index contributed by atoms with van der Waals surface area (Å²) in [6.45, 7) is 3.53. The van der Waals surface area contributed by atoms with Crippen LogP contribution in [0.15, 0.2) is 12.4 Å². The first kappa shape index (κ1) is 24.9. The molecule has 1 aliphatic heterocycles. The molecule has 0 spiro atoms. The van der Waals surface area contributed by atoms with Crippen molar-refractivity contribution in [3.8, 4) is 0 Å². The molecule has 2 heterocycles. The van der Waals surface area contributed by atoms with E-state index in [1.165, 1.54) is 6.42 Å². The minimum Gasteiger partial charge on any atom is -0.339 e. The zero-order chi connectivity index (χ0) is 19.7. The Hall–Kier alpha value is -1.35. The molecule has 4 rings (SSSR count). The van der Waals surface area contributed by atoms with Crippen molar-refractivity contribution in [2.45, 2.75) is 44.7 Å². The number of hydrogen-bond donors (Lipinski definition) is 2. The number of nitrogens with zero attached hydrogens (tertiary/aromatic N) is 4. The predicted octanol–water partition coefficient (Wildman–Crippen LogP) is 1.59. The summed E-state index contributed by atoms with van der Waals surface area (Å²) in [6, 6.07) is 0.265. The van der Waals surface area contributed by atoms with E-state index in [9.17, 15) is 9.59 Å². The van der Waals surface area contributed by atoms with Crippen LogP contribution in [0.3, 0.4) is 0 Å². The van der Waals surface area contributed by atoms with Gasteiger partial charge in [0.2, 0.25) is 11.8 Å². The second-order valence-corrected chi connectivity index (χ2v) is 8.80. The van der Waals surface area contributed by atoms with Crippen LogP contribution in [0, 0.1) is 17.8 Å². The number of hydrogen-bond acceptors (Lipinski definition) is 5. The molecule has 3 N–H and O–H groups in total. The molecule has 2 amide bonds. The van der Waals surface area contributed by atoms with Gasteiger partial charge in [-0.2, -0.15) is 5.10 Å². The van der Waals surface area contributed by atoms with E-state index in [1.54, 1.807) is 17.1 Å². The van der Waals surface area contributed by atoms with E-state index in [4.69, 9.17) is 5.73 Å². The van der Waals surface area contributed by atoms with Gasteiger partial charge >= 0.3 is 0 Å². The van der Waals surface area contributed by atoms with Gasteiger partial charge < -0.3 is 20.9 Å². The van der Waals surface area contributed by atoms with Crippen LogP contribution in [0.1, 0.15) is 32.1 Å². The first-order valence-corrected chi connectivity index (χ1v) is 10.5. The molecule has 0 aromatic carbocycles. The third-order valence-corrected chi connectivity index (χ3v) is 6.84. The van der Waals surface area contributed by atoms with Crippen molar-refractivity contribution in [1.29, 1.82) is 0 Å². The summed E-state index contributed by atoms with van der Waals surface area (Å²) in [5.74, 6) is 1.13. The Labute approximate surface area is 190 Å². The van der Waals surface area contributed by atoms with Gasteiger partial charge in [-0.25, -0.2) is 0 Å². The quantitative estimate of drug-likeness (QED) is 0.710. The third-order valence-electron chi connectivity index (χ3n) is 6.84. The lowest BCUT2D eigenvalue weighted by atomic mass is 9.65. The molecule has 2 atom stereocenters. The van der Waals surface area contributed by atoms with E-state index in [0.29, 0.717) is 17.5 Å². The molecule has 2 bridgehead atoms. The fourth-order valence-corrected chi connectivity index (χ4v) is 5.06. The van der Waals surface area contributed by atoms with E-state index >= 15 is 0 Å². The van der Waals surface area contributed by atoms with Crippen LogP contribution >= 0.6 is 24.8 Å². The smallest absolute Gasteiger partial charge is 0.244 e. The molecule has 1 aromatic rings. The van der Waals surface area contributed by atoms with Gasteiger partial charge in [0, 0.05) is 44.3 Å². The van der Waals surface area contributed by atoms with Crippen molar-refractivity contribution in [2.75, 3.05) is 38.5 Å². The molecule has 1 saturated heterocycles. The Morgan fingerprint density at radius 1 is 1.13 bits per heavy atom. The number of amides is 2. The van der Waals surface area contributed by atoms with Gasteiger partial charge in [0.25, 0.3) is 0 Å². The number of anilines is 1. The molecule has 8 nitrogen and oxygen atoms in total. The van der Waals surface area contributed by atoms with Crippen molar-refractivity contribution >= 4 is 42.3 Å². The highest BCUT2D eigenvalue weighted by Gasteiger charge is 2.40. The lowest BCUT2D eigenvalue weighted by Gasteiger charge is -2.43. The van der Waals surface area contributed by atoms with E-state index in [1.807, 2.05) is 4.90 Å². The number of carbonyl (C=O) groups is 2. The number of nitrogens with one attached hydrogen (secondary N) is 1. The van der Waals surface area contributed by atoms with Crippen molar-refractivity contribution in [2.24, 2.45) is 23.5 Å². The fraction of sp³-hybridized carbons (Fsp3) is 0.750. The minimum atomic E-state index is 0. The topological polar surface area (TPSA) is 96.5 Å². The number of nitrogens with two attached hydrogens (primary N) is 1. The third kappa shape index (κ3) is 5.66. The molecule has 3 aliphatic rings. The zero-order valence-electron chi connectivity index (χ0n) is 17.5. The largest absolute Gasteiger partial charge is 0.339 e. The summed E-state index contributed by atoms with van der Waals surface area (Å²) in [6.07, 6.45) is 8.69. The Morgan fingerprint density at radius 3 is 2.40 bits per heavy atom. The highest BCUT2D eigenvalue weighted by molar-refractivity contribution is 5.92. The van der Waals surface area contributed by atoms with Crippen molar-refractivity contribution in [3.05, 3.63) is 12.4 Å². The maximum atomic E-state index is 12.7. The van der Waals surface area contributed by atoms with Crippen LogP contribution in [-0.4, -0.2) is 70.7 Å². The molecule has 1 aromatic heterocycles. The van der Waals surface area contributed by atoms with Gasteiger partial charge in [-0.3, -0.25) is 14.3 Å². The summed E-state index contributed by atoms with van der Waals surface area (Å²) >= 11 is 0. The number of piperazine rings is 1. The normalized spacial score (nSPS) is 28.8. The van der Waals surface area contributed by atoms with Gasteiger partial charge in [0.05, 0.1) is 11.9 Å². The molecular formula is C20H34Cl2N6O2. The van der Waals surface area contributed by atoms with Crippen LogP contribution in [0.25, 0.3) is 0 Å². The highest BCUT2D eigenvalue weighted by Crippen LogP contribution is 2.42. The van der Waals surface area contributed by atoms with Crippen LogP contribution in [0.4, 0.5) is 5.69 Å². The van der Waals surface area contributed by atoms with Crippen molar-refractivity contribution in [3.63, 3.8) is 0 Å². The first-order valence-electron chi connectivity index (χ1n) is 10.5. The molecule has 30 heavy (non-hydrogen) atoms. The number of carbonyl (C=O) groups excluding carboxylic acids is 2. The highest BCUT2D eigenvalue weighted by atomic mass is 35.5. The van der Waals surface area contributed by atoms with Gasteiger partial charge in [-0.15, -0.1) is 24.8 Å². The molecular weight excluding hydrogens is 427 g/mol. The summed E-state index contributed by atoms with van der Waals surface area (Å²) in [4.78, 5) is 29.3. The van der Waals surface area contributed by atoms with Crippen LogP contribution in [0.2, 0.25) is 0 Å². The van der Waals surface area contributed by atoms with E-state index in [0.717, 1.165) is 51.9 Å². The molecule has 2 saturated carbocycles. The van der Waals surface area contributed by atoms with Gasteiger partial charge in [0.1, 0.15) is 6.54 Å². The molecule has 170 valence electrons. The summed E-state index contributed by atoms with van der Waals surface area (Å²) in [5.41, 5.74) is 7.00. The Bertz CT molecular complexity index is 708. The van der Waals surface area contributed by atoms with E-state index < -0.39 is 0 Å².